The Kier molecular flexibility index (Phi) is 4.96. The minimum atomic E-state index is -3.88. The molecule has 0 aliphatic carbocycles. The van der Waals surface area contributed by atoms with Gasteiger partial charge in [0.05, 0.1) is 10.7 Å². The van der Waals surface area contributed by atoms with Gasteiger partial charge in [-0.3, -0.25) is 4.72 Å². The van der Waals surface area contributed by atoms with Crippen LogP contribution in [-0.2, 0) is 10.0 Å². The summed E-state index contributed by atoms with van der Waals surface area (Å²) < 4.78 is 28.2. The van der Waals surface area contributed by atoms with Gasteiger partial charge in [0.15, 0.2) is 0 Å². The van der Waals surface area contributed by atoms with Crippen molar-refractivity contribution in [3.63, 3.8) is 0 Å². The second-order valence-corrected chi connectivity index (χ2v) is 7.92. The van der Waals surface area contributed by atoms with Gasteiger partial charge in [0.1, 0.15) is 10.0 Å². The lowest BCUT2D eigenvalue weighted by atomic mass is 10.3. The van der Waals surface area contributed by atoms with Crippen LogP contribution in [0.2, 0.25) is 10.2 Å². The number of aromatic nitrogens is 1. The maximum absolute atomic E-state index is 12.3. The molecule has 0 amide bonds. The van der Waals surface area contributed by atoms with Gasteiger partial charge in [-0.15, -0.1) is 0 Å². The van der Waals surface area contributed by atoms with Crippen molar-refractivity contribution in [1.29, 1.82) is 0 Å². The van der Waals surface area contributed by atoms with E-state index in [4.69, 9.17) is 23.2 Å². The van der Waals surface area contributed by atoms with Gasteiger partial charge in [-0.25, -0.2) is 13.4 Å². The monoisotopic (exact) mass is 458 g/mol. The zero-order valence-corrected chi connectivity index (χ0v) is 15.1. The fraction of sp³-hybridized carbons (Fsp3) is 0. The van der Waals surface area contributed by atoms with E-state index in [1.54, 1.807) is 18.2 Å². The smallest absolute Gasteiger partial charge is 0.265 e. The summed E-state index contributed by atoms with van der Waals surface area (Å²) in [4.78, 5) is 3.65. The van der Waals surface area contributed by atoms with Crippen molar-refractivity contribution in [2.45, 2.75) is 4.90 Å². The molecule has 2 rings (SSSR count). The second-order valence-electron chi connectivity index (χ2n) is 3.67. The Morgan fingerprint density at radius 1 is 1.10 bits per heavy atom. The molecule has 4 nitrogen and oxygen atoms in total. The van der Waals surface area contributed by atoms with Gasteiger partial charge in [-0.05, 0) is 40.2 Å². The Hall–Kier alpha value is -0.340. The van der Waals surface area contributed by atoms with E-state index < -0.39 is 10.0 Å². The Morgan fingerprint density at radius 3 is 2.45 bits per heavy atom. The minimum Gasteiger partial charge on any atom is -0.278 e. The van der Waals surface area contributed by atoms with E-state index in [0.29, 0.717) is 4.47 Å². The van der Waals surface area contributed by atoms with Crippen molar-refractivity contribution in [1.82, 2.24) is 4.98 Å². The molecule has 0 fully saturated rings. The molecule has 0 atom stereocenters. The maximum Gasteiger partial charge on any atom is 0.265 e. The number of sulfonamides is 1. The Labute approximate surface area is 142 Å². The van der Waals surface area contributed by atoms with Crippen LogP contribution >= 0.6 is 55.1 Å². The lowest BCUT2D eigenvalue weighted by Crippen LogP contribution is -2.14. The number of rotatable bonds is 3. The Morgan fingerprint density at radius 2 is 1.80 bits per heavy atom. The fourth-order valence-electron chi connectivity index (χ4n) is 1.36. The summed E-state index contributed by atoms with van der Waals surface area (Å²) >= 11 is 18.2. The average molecular weight is 461 g/mol. The van der Waals surface area contributed by atoms with Crippen LogP contribution in [0.5, 0.6) is 0 Å². The van der Waals surface area contributed by atoms with Gasteiger partial charge in [0, 0.05) is 15.1 Å². The number of hydrogen-bond acceptors (Lipinski definition) is 3. The molecule has 1 aromatic heterocycles. The summed E-state index contributed by atoms with van der Waals surface area (Å²) in [5.41, 5.74) is 0.255. The third kappa shape index (κ3) is 3.65. The van der Waals surface area contributed by atoms with Crippen LogP contribution in [0.4, 0.5) is 5.69 Å². The van der Waals surface area contributed by atoms with Crippen molar-refractivity contribution in [2.75, 3.05) is 4.72 Å². The van der Waals surface area contributed by atoms with E-state index in [1.165, 1.54) is 12.3 Å². The number of halogens is 4. The standard InChI is InChI=1S/C11H6Br2Cl2N2O2S/c12-6-1-2-9(8(14)3-6)17-20(18,19)10-4-7(13)5-16-11(10)15/h1-5,17H. The Bertz CT molecular complexity index is 769. The third-order valence-corrected chi connectivity index (χ3v) is 5.27. The molecular weight excluding hydrogens is 455 g/mol. The predicted octanol–water partition coefficient (Wildman–Crippen LogP) is 4.71. The molecule has 1 N–H and O–H groups in total. The highest BCUT2D eigenvalue weighted by atomic mass is 79.9. The fourth-order valence-corrected chi connectivity index (χ4v) is 4.17. The number of hydrogen-bond donors (Lipinski definition) is 1. The summed E-state index contributed by atoms with van der Waals surface area (Å²) in [6, 6.07) is 6.17. The van der Waals surface area contributed by atoms with Crippen molar-refractivity contribution in [2.24, 2.45) is 0 Å². The predicted molar refractivity (Wildman–Crippen MR) is 86.9 cm³/mol. The zero-order valence-electron chi connectivity index (χ0n) is 9.57. The lowest BCUT2D eigenvalue weighted by Gasteiger charge is -2.11. The second kappa shape index (κ2) is 6.19. The molecule has 0 aliphatic heterocycles. The van der Waals surface area contributed by atoms with Gasteiger partial charge < -0.3 is 0 Å². The number of anilines is 1. The van der Waals surface area contributed by atoms with Crippen LogP contribution in [-0.4, -0.2) is 13.4 Å². The highest BCUT2D eigenvalue weighted by Crippen LogP contribution is 2.30. The molecule has 106 valence electrons. The normalized spacial score (nSPS) is 11.4. The number of nitrogens with one attached hydrogen (secondary N) is 1. The molecular formula is C11H6Br2Cl2N2O2S. The zero-order chi connectivity index (χ0) is 14.9. The highest BCUT2D eigenvalue weighted by Gasteiger charge is 2.20. The average Bonchev–Trinajstić information content (AvgIpc) is 2.35. The van der Waals surface area contributed by atoms with Crippen LogP contribution < -0.4 is 4.72 Å². The molecule has 1 heterocycles. The van der Waals surface area contributed by atoms with E-state index in [1.807, 2.05) is 0 Å². The van der Waals surface area contributed by atoms with Crippen LogP contribution in [0, 0.1) is 0 Å². The van der Waals surface area contributed by atoms with Crippen molar-refractivity contribution < 1.29 is 8.42 Å². The lowest BCUT2D eigenvalue weighted by molar-refractivity contribution is 0.601. The summed E-state index contributed by atoms with van der Waals surface area (Å²) in [6.45, 7) is 0. The molecule has 0 unspecified atom stereocenters. The number of benzene rings is 1. The molecule has 0 spiro atoms. The van der Waals surface area contributed by atoms with Gasteiger partial charge in [0.25, 0.3) is 10.0 Å². The maximum atomic E-state index is 12.3. The van der Waals surface area contributed by atoms with Gasteiger partial charge in [0.2, 0.25) is 0 Å². The highest BCUT2D eigenvalue weighted by molar-refractivity contribution is 9.10. The molecule has 0 aliphatic rings. The first-order chi connectivity index (χ1) is 9.29. The molecule has 0 bridgehead atoms. The molecule has 1 aromatic carbocycles. The van der Waals surface area contributed by atoms with E-state index >= 15 is 0 Å². The molecule has 2 aromatic rings. The third-order valence-electron chi connectivity index (χ3n) is 2.24. The van der Waals surface area contributed by atoms with Crippen LogP contribution in [0.3, 0.4) is 0 Å². The SMILES string of the molecule is O=S(=O)(Nc1ccc(Br)cc1Cl)c1cc(Br)cnc1Cl. The molecule has 0 radical (unpaired) electrons. The summed E-state index contributed by atoms with van der Waals surface area (Å²) in [6.07, 6.45) is 1.41. The quantitative estimate of drug-likeness (QED) is 0.674. The van der Waals surface area contributed by atoms with Crippen molar-refractivity contribution in [3.05, 3.63) is 49.6 Å². The van der Waals surface area contributed by atoms with Gasteiger partial charge in [-0.2, -0.15) is 0 Å². The van der Waals surface area contributed by atoms with E-state index in [2.05, 4.69) is 41.6 Å². The molecule has 20 heavy (non-hydrogen) atoms. The first kappa shape index (κ1) is 16.0. The van der Waals surface area contributed by atoms with E-state index in [9.17, 15) is 8.42 Å². The number of nitrogens with zero attached hydrogens (tertiary/aromatic N) is 1. The van der Waals surface area contributed by atoms with Crippen molar-refractivity contribution in [3.8, 4) is 0 Å². The Balaban J connectivity index is 2.43. The number of pyridine rings is 1. The van der Waals surface area contributed by atoms with Crippen LogP contribution in [0.1, 0.15) is 0 Å². The molecule has 0 saturated carbocycles. The minimum absolute atomic E-state index is 0.117. The van der Waals surface area contributed by atoms with Crippen molar-refractivity contribution >= 4 is 70.8 Å². The molecule has 0 saturated heterocycles. The van der Waals surface area contributed by atoms with Gasteiger partial charge in [-0.1, -0.05) is 39.1 Å². The molecule has 9 heteroatoms. The largest absolute Gasteiger partial charge is 0.278 e. The summed E-state index contributed by atoms with van der Waals surface area (Å²) in [5.74, 6) is 0. The first-order valence-electron chi connectivity index (χ1n) is 5.08. The summed E-state index contributed by atoms with van der Waals surface area (Å²) in [7, 11) is -3.88. The first-order valence-corrected chi connectivity index (χ1v) is 8.91. The van der Waals surface area contributed by atoms with E-state index in [-0.39, 0.29) is 20.8 Å². The summed E-state index contributed by atoms with van der Waals surface area (Å²) in [5, 5.41) is 0.149. The van der Waals surface area contributed by atoms with E-state index in [0.717, 1.165) is 4.47 Å². The van der Waals surface area contributed by atoms with Gasteiger partial charge >= 0.3 is 0 Å². The van der Waals surface area contributed by atoms with Crippen LogP contribution in [0.15, 0.2) is 44.3 Å². The van der Waals surface area contributed by atoms with Crippen LogP contribution in [0.25, 0.3) is 0 Å². The topological polar surface area (TPSA) is 59.1 Å².